The first-order valence-electron chi connectivity index (χ1n) is 7.56. The van der Waals surface area contributed by atoms with Crippen LogP contribution >= 0.6 is 0 Å². The Balaban J connectivity index is 1.90. The molecular weight excluding hydrogens is 252 g/mol. The molecule has 4 heteroatoms. The number of hydrogen-bond donors (Lipinski definition) is 2. The molecule has 0 spiro atoms. The molecule has 0 radical (unpaired) electrons. The van der Waals surface area contributed by atoms with Crippen LogP contribution in [0.2, 0.25) is 0 Å². The molecule has 1 aliphatic heterocycles. The van der Waals surface area contributed by atoms with Crippen LogP contribution in [0.1, 0.15) is 48.9 Å². The van der Waals surface area contributed by atoms with Crippen LogP contribution in [0.5, 0.6) is 0 Å². The maximum absolute atomic E-state index is 11.2. The van der Waals surface area contributed by atoms with E-state index in [9.17, 15) is 4.79 Å². The van der Waals surface area contributed by atoms with Gasteiger partial charge in [0.25, 0.3) is 0 Å². The topological polar surface area (TPSA) is 66.6 Å². The zero-order chi connectivity index (χ0) is 14.1. The molecular formula is C16H22N2O2. The van der Waals surface area contributed by atoms with Crippen molar-refractivity contribution in [3.63, 3.8) is 0 Å². The van der Waals surface area contributed by atoms with Gasteiger partial charge in [-0.3, -0.25) is 0 Å². The van der Waals surface area contributed by atoms with Gasteiger partial charge in [-0.05, 0) is 49.8 Å². The highest BCUT2D eigenvalue weighted by molar-refractivity contribution is 5.90. The lowest BCUT2D eigenvalue weighted by atomic mass is 9.95. The molecule has 1 saturated heterocycles. The summed E-state index contributed by atoms with van der Waals surface area (Å²) in [6, 6.07) is 5.60. The third kappa shape index (κ3) is 2.35. The Hall–Kier alpha value is -1.71. The first-order valence-corrected chi connectivity index (χ1v) is 7.56. The van der Waals surface area contributed by atoms with Crippen LogP contribution in [-0.2, 0) is 0 Å². The maximum atomic E-state index is 11.2. The molecule has 0 amide bonds. The monoisotopic (exact) mass is 274 g/mol. The fraction of sp³-hybridized carbons (Fsp3) is 0.562. The molecule has 1 heterocycles. The van der Waals surface area contributed by atoms with Gasteiger partial charge in [0, 0.05) is 12.6 Å². The smallest absolute Gasteiger partial charge is 0.335 e. The second kappa shape index (κ2) is 5.35. The lowest BCUT2D eigenvalue weighted by Crippen LogP contribution is -2.35. The largest absolute Gasteiger partial charge is 0.478 e. The first-order chi connectivity index (χ1) is 9.66. The maximum Gasteiger partial charge on any atom is 0.335 e. The van der Waals surface area contributed by atoms with Crippen molar-refractivity contribution in [2.75, 3.05) is 17.2 Å². The summed E-state index contributed by atoms with van der Waals surface area (Å²) in [6.45, 7) is 0.994. The average Bonchev–Trinajstić information content (AvgIpc) is 3.09. The molecule has 0 aromatic heterocycles. The Morgan fingerprint density at radius 3 is 2.65 bits per heavy atom. The number of nitrogens with two attached hydrogens (primary N) is 1. The molecule has 1 aromatic rings. The van der Waals surface area contributed by atoms with Crippen molar-refractivity contribution < 1.29 is 9.90 Å². The molecule has 4 nitrogen and oxygen atoms in total. The van der Waals surface area contributed by atoms with Gasteiger partial charge in [-0.1, -0.05) is 12.8 Å². The van der Waals surface area contributed by atoms with Gasteiger partial charge in [0.05, 0.1) is 16.9 Å². The van der Waals surface area contributed by atoms with Crippen molar-refractivity contribution in [2.24, 2.45) is 5.92 Å². The number of nitrogens with zero attached hydrogens (tertiary/aromatic N) is 1. The number of carbonyl (C=O) groups is 1. The van der Waals surface area contributed by atoms with Crippen molar-refractivity contribution in [3.8, 4) is 0 Å². The number of anilines is 2. The van der Waals surface area contributed by atoms with Crippen LogP contribution in [0.3, 0.4) is 0 Å². The second-order valence-electron chi connectivity index (χ2n) is 6.03. The Bertz CT molecular complexity index is 509. The highest BCUT2D eigenvalue weighted by Gasteiger charge is 2.34. The second-order valence-corrected chi connectivity index (χ2v) is 6.03. The van der Waals surface area contributed by atoms with E-state index < -0.39 is 5.97 Å². The van der Waals surface area contributed by atoms with E-state index in [2.05, 4.69) is 4.90 Å². The Labute approximate surface area is 119 Å². The quantitative estimate of drug-likeness (QED) is 0.831. The number of carboxylic acids is 1. The van der Waals surface area contributed by atoms with Crippen LogP contribution in [-0.4, -0.2) is 23.7 Å². The van der Waals surface area contributed by atoms with Crippen LogP contribution in [0.4, 0.5) is 11.4 Å². The Morgan fingerprint density at radius 1 is 1.20 bits per heavy atom. The summed E-state index contributed by atoms with van der Waals surface area (Å²) < 4.78 is 0. The van der Waals surface area contributed by atoms with E-state index in [1.165, 1.54) is 38.5 Å². The summed E-state index contributed by atoms with van der Waals surface area (Å²) in [6.07, 6.45) is 7.66. The zero-order valence-electron chi connectivity index (χ0n) is 11.7. The summed E-state index contributed by atoms with van der Waals surface area (Å²) in [5.41, 5.74) is 8.03. The molecule has 1 aliphatic carbocycles. The fourth-order valence-electron chi connectivity index (χ4n) is 3.85. The molecule has 20 heavy (non-hydrogen) atoms. The molecule has 1 saturated carbocycles. The molecule has 1 unspecified atom stereocenters. The van der Waals surface area contributed by atoms with Crippen LogP contribution in [0, 0.1) is 5.92 Å². The average molecular weight is 274 g/mol. The van der Waals surface area contributed by atoms with Crippen LogP contribution in [0.15, 0.2) is 18.2 Å². The van der Waals surface area contributed by atoms with E-state index in [0.29, 0.717) is 17.3 Å². The SMILES string of the molecule is Nc1ccc(C(=O)O)cc1N1CCCC1C1CCCC1. The van der Waals surface area contributed by atoms with Gasteiger partial charge in [-0.15, -0.1) is 0 Å². The van der Waals surface area contributed by atoms with Crippen molar-refractivity contribution >= 4 is 17.3 Å². The molecule has 2 fully saturated rings. The summed E-state index contributed by atoms with van der Waals surface area (Å²) >= 11 is 0. The molecule has 0 bridgehead atoms. The van der Waals surface area contributed by atoms with Crippen LogP contribution in [0.25, 0.3) is 0 Å². The zero-order valence-corrected chi connectivity index (χ0v) is 11.7. The molecule has 108 valence electrons. The van der Waals surface area contributed by atoms with E-state index in [1.54, 1.807) is 18.2 Å². The van der Waals surface area contributed by atoms with Gasteiger partial charge < -0.3 is 15.7 Å². The molecule has 1 atom stereocenters. The summed E-state index contributed by atoms with van der Waals surface area (Å²) in [4.78, 5) is 13.5. The highest BCUT2D eigenvalue weighted by atomic mass is 16.4. The fourth-order valence-corrected chi connectivity index (χ4v) is 3.85. The molecule has 3 rings (SSSR count). The number of nitrogen functional groups attached to an aromatic ring is 1. The predicted octanol–water partition coefficient (Wildman–Crippen LogP) is 3.13. The summed E-state index contributed by atoms with van der Waals surface area (Å²) in [7, 11) is 0. The number of rotatable bonds is 3. The van der Waals surface area contributed by atoms with Crippen molar-refractivity contribution in [1.82, 2.24) is 0 Å². The van der Waals surface area contributed by atoms with Gasteiger partial charge in [0.2, 0.25) is 0 Å². The number of hydrogen-bond acceptors (Lipinski definition) is 3. The van der Waals surface area contributed by atoms with Gasteiger partial charge in [0.15, 0.2) is 0 Å². The van der Waals surface area contributed by atoms with Gasteiger partial charge in [-0.25, -0.2) is 4.79 Å². The Kier molecular flexibility index (Phi) is 3.55. The highest BCUT2D eigenvalue weighted by Crippen LogP contribution is 2.39. The third-order valence-corrected chi connectivity index (χ3v) is 4.83. The molecule has 2 aliphatic rings. The third-order valence-electron chi connectivity index (χ3n) is 4.83. The van der Waals surface area contributed by atoms with E-state index in [-0.39, 0.29) is 0 Å². The van der Waals surface area contributed by atoms with Gasteiger partial charge in [-0.2, -0.15) is 0 Å². The molecule has 1 aromatic carbocycles. The van der Waals surface area contributed by atoms with Crippen molar-refractivity contribution in [1.29, 1.82) is 0 Å². The summed E-state index contributed by atoms with van der Waals surface area (Å²) in [5, 5.41) is 9.16. The van der Waals surface area contributed by atoms with Crippen molar-refractivity contribution in [2.45, 2.75) is 44.6 Å². The molecule has 3 N–H and O–H groups in total. The number of aromatic carboxylic acids is 1. The van der Waals surface area contributed by atoms with Gasteiger partial charge >= 0.3 is 5.97 Å². The van der Waals surface area contributed by atoms with E-state index in [1.807, 2.05) is 0 Å². The lowest BCUT2D eigenvalue weighted by Gasteiger charge is -2.32. The standard InChI is InChI=1S/C16H22N2O2/c17-13-8-7-12(16(19)20)10-15(13)18-9-3-6-14(18)11-4-1-2-5-11/h7-8,10-11,14H,1-6,9,17H2,(H,19,20). The number of benzene rings is 1. The normalized spacial score (nSPS) is 23.4. The Morgan fingerprint density at radius 2 is 1.95 bits per heavy atom. The number of carboxylic acid groups (broad SMARTS) is 1. The summed E-state index contributed by atoms with van der Waals surface area (Å²) in [5.74, 6) is -0.131. The van der Waals surface area contributed by atoms with Crippen LogP contribution < -0.4 is 10.6 Å². The lowest BCUT2D eigenvalue weighted by molar-refractivity contribution is 0.0697. The predicted molar refractivity (Wildman–Crippen MR) is 80.1 cm³/mol. The van der Waals surface area contributed by atoms with Gasteiger partial charge in [0.1, 0.15) is 0 Å². The van der Waals surface area contributed by atoms with E-state index >= 15 is 0 Å². The minimum absolute atomic E-state index is 0.325. The minimum Gasteiger partial charge on any atom is -0.478 e. The van der Waals surface area contributed by atoms with E-state index in [4.69, 9.17) is 10.8 Å². The minimum atomic E-state index is -0.886. The van der Waals surface area contributed by atoms with Crippen molar-refractivity contribution in [3.05, 3.63) is 23.8 Å². The van der Waals surface area contributed by atoms with E-state index in [0.717, 1.165) is 18.2 Å². The first kappa shape index (κ1) is 13.3.